The van der Waals surface area contributed by atoms with E-state index in [4.69, 9.17) is 33.2 Å². The number of aryl methyl sites for hydroxylation is 1. The van der Waals surface area contributed by atoms with Gasteiger partial charge in [0.15, 0.2) is 0 Å². The van der Waals surface area contributed by atoms with Crippen molar-refractivity contribution in [1.82, 2.24) is 0 Å². The predicted molar refractivity (Wildman–Crippen MR) is 394 cm³/mol. The quantitative estimate of drug-likeness (QED) is 0.154. The van der Waals surface area contributed by atoms with Crippen molar-refractivity contribution in [2.45, 2.75) is 322 Å². The summed E-state index contributed by atoms with van der Waals surface area (Å²) in [4.78, 5) is 0. The average Bonchev–Trinajstić information content (AvgIpc) is 1.61. The van der Waals surface area contributed by atoms with Gasteiger partial charge in [-0.1, -0.05) is 299 Å². The van der Waals surface area contributed by atoms with E-state index < -0.39 is 0 Å². The lowest BCUT2D eigenvalue weighted by Crippen LogP contribution is -2.26. The van der Waals surface area contributed by atoms with E-state index in [-0.39, 0.29) is 33.6 Å². The lowest BCUT2D eigenvalue weighted by molar-refractivity contribution is 0.159. The average molecular weight is 1270 g/mol. The minimum absolute atomic E-state index is 0.0429. The fourth-order valence-electron chi connectivity index (χ4n) is 11.6. The van der Waals surface area contributed by atoms with Crippen LogP contribution in [0, 0.1) is 21.7 Å². The van der Waals surface area contributed by atoms with Crippen molar-refractivity contribution in [3.63, 3.8) is 0 Å². The molecule has 3 aliphatic carbocycles. The highest BCUT2D eigenvalue weighted by atomic mass is 16.6. The first-order valence-electron chi connectivity index (χ1n) is 36.8. The summed E-state index contributed by atoms with van der Waals surface area (Å²) in [6.45, 7) is 61.7. The molecule has 0 aromatic heterocycles. The minimum atomic E-state index is -0.164. The number of hydrogen-bond donors (Lipinski definition) is 0. The minimum Gasteiger partial charge on any atom is -0.370 e. The molecule has 4 aromatic rings. The zero-order valence-corrected chi connectivity index (χ0v) is 64.2. The van der Waals surface area contributed by atoms with E-state index in [0.717, 1.165) is 64.5 Å². The SMILES string of the molecule is C1CCC2(C1)CC2.C1CCC2(CC1)CO2.CC.CC.CC.CC.CC.CC.CC(C)(C)CC1(C)CO1.CC(C)(C)CC1(CC(C)(C)C)CO1.CC1(C)CO1.CC1(CCc2ccccc2)CO1.CC1(c2ccccc2)CO1.c1ccc(C2(c3ccccc3)CO2)cc1. The third-order valence-electron chi connectivity index (χ3n) is 16.8. The summed E-state index contributed by atoms with van der Waals surface area (Å²) in [6.07, 6.45) is 22.1. The number of benzene rings is 4. The molecule has 7 heterocycles. The van der Waals surface area contributed by atoms with Crippen molar-refractivity contribution in [3.05, 3.63) is 144 Å². The predicted octanol–water partition coefficient (Wildman–Crippen LogP) is 24.2. The maximum atomic E-state index is 5.67. The Morgan fingerprint density at radius 1 is 0.330 bits per heavy atom. The Balaban J connectivity index is 0.000000514. The monoisotopic (exact) mass is 1270 g/mol. The molecular formula is C84H144O7. The summed E-state index contributed by atoms with van der Waals surface area (Å²) in [6, 6.07) is 41.7. The molecule has 7 heteroatoms. The Hall–Kier alpha value is -3.40. The second-order valence-electron chi connectivity index (χ2n) is 30.2. The van der Waals surface area contributed by atoms with Crippen molar-refractivity contribution in [3.8, 4) is 0 Å². The van der Waals surface area contributed by atoms with E-state index in [9.17, 15) is 0 Å². The van der Waals surface area contributed by atoms with Crippen LogP contribution in [0.3, 0.4) is 0 Å². The second-order valence-corrected chi connectivity index (χ2v) is 30.2. The van der Waals surface area contributed by atoms with E-state index in [1.165, 1.54) is 86.5 Å². The number of rotatable bonds is 9. The third-order valence-corrected chi connectivity index (χ3v) is 16.8. The van der Waals surface area contributed by atoms with Crippen LogP contribution < -0.4 is 0 Å². The normalized spacial score (nSPS) is 23.8. The van der Waals surface area contributed by atoms with Gasteiger partial charge < -0.3 is 33.2 Å². The summed E-state index contributed by atoms with van der Waals surface area (Å²) in [5.41, 5.74) is 8.55. The Bertz CT molecular complexity index is 2300. The van der Waals surface area contributed by atoms with Gasteiger partial charge in [0.2, 0.25) is 0 Å². The highest BCUT2D eigenvalue weighted by Gasteiger charge is 2.50. The molecule has 3 unspecified atom stereocenters. The van der Waals surface area contributed by atoms with E-state index in [0.29, 0.717) is 21.8 Å². The number of hydrogen-bond acceptors (Lipinski definition) is 7. The first-order valence-corrected chi connectivity index (χ1v) is 36.8. The Kier molecular flexibility index (Phi) is 38.5. The first-order chi connectivity index (χ1) is 43.1. The van der Waals surface area contributed by atoms with Gasteiger partial charge in [0, 0.05) is 0 Å². The lowest BCUT2D eigenvalue weighted by Gasteiger charge is -2.28. The van der Waals surface area contributed by atoms with Crippen LogP contribution in [0.1, 0.15) is 299 Å². The van der Waals surface area contributed by atoms with Crippen LogP contribution in [0.25, 0.3) is 0 Å². The fourth-order valence-corrected chi connectivity index (χ4v) is 11.6. The molecule has 10 aliphatic rings. The van der Waals surface area contributed by atoms with E-state index in [1.807, 2.05) is 113 Å². The summed E-state index contributed by atoms with van der Waals surface area (Å²) in [5.74, 6) is 0. The Morgan fingerprint density at radius 2 is 0.659 bits per heavy atom. The van der Waals surface area contributed by atoms with Crippen molar-refractivity contribution >= 4 is 0 Å². The molecule has 2 spiro atoms. The van der Waals surface area contributed by atoms with Crippen molar-refractivity contribution in [2.24, 2.45) is 21.7 Å². The van der Waals surface area contributed by atoms with Gasteiger partial charge in [-0.15, -0.1) is 0 Å². The molecule has 0 radical (unpaired) electrons. The molecule has 10 fully saturated rings. The summed E-state index contributed by atoms with van der Waals surface area (Å²) in [5, 5.41) is 0. The summed E-state index contributed by atoms with van der Waals surface area (Å²) in [7, 11) is 0. The molecule has 91 heavy (non-hydrogen) atoms. The van der Waals surface area contributed by atoms with Gasteiger partial charge in [0.1, 0.15) is 11.2 Å². The highest BCUT2D eigenvalue weighted by Crippen LogP contribution is 2.57. The van der Waals surface area contributed by atoms with Crippen LogP contribution in [-0.2, 0) is 50.8 Å². The molecule has 7 aliphatic heterocycles. The van der Waals surface area contributed by atoms with E-state index in [1.54, 1.807) is 25.7 Å². The van der Waals surface area contributed by atoms with Gasteiger partial charge in [-0.2, -0.15) is 0 Å². The molecular weight excluding hydrogens is 1120 g/mol. The van der Waals surface area contributed by atoms with Crippen LogP contribution >= 0.6 is 0 Å². The van der Waals surface area contributed by atoms with Crippen molar-refractivity contribution in [1.29, 1.82) is 0 Å². The maximum absolute atomic E-state index is 5.67. The molecule has 0 N–H and O–H groups in total. The van der Waals surface area contributed by atoms with Gasteiger partial charge >= 0.3 is 0 Å². The summed E-state index contributed by atoms with van der Waals surface area (Å²) >= 11 is 0. The Morgan fingerprint density at radius 3 is 0.901 bits per heavy atom. The van der Waals surface area contributed by atoms with Crippen LogP contribution in [0.2, 0.25) is 0 Å². The highest BCUT2D eigenvalue weighted by molar-refractivity contribution is 5.40. The second kappa shape index (κ2) is 40.9. The molecule has 14 rings (SSSR count). The van der Waals surface area contributed by atoms with Crippen molar-refractivity contribution in [2.75, 3.05) is 46.2 Å². The van der Waals surface area contributed by atoms with Gasteiger partial charge in [-0.25, -0.2) is 0 Å². The van der Waals surface area contributed by atoms with Crippen LogP contribution in [-0.4, -0.2) is 74.3 Å². The number of ether oxygens (including phenoxy) is 7. The molecule has 0 bridgehead atoms. The van der Waals surface area contributed by atoms with Gasteiger partial charge in [0.05, 0.1) is 74.3 Å². The largest absolute Gasteiger partial charge is 0.370 e. The van der Waals surface area contributed by atoms with Gasteiger partial charge in [0.25, 0.3) is 0 Å². The van der Waals surface area contributed by atoms with E-state index in [2.05, 4.69) is 188 Å². The molecule has 522 valence electrons. The van der Waals surface area contributed by atoms with Crippen LogP contribution in [0.5, 0.6) is 0 Å². The molecule has 3 saturated carbocycles. The lowest BCUT2D eigenvalue weighted by atomic mass is 9.77. The smallest absolute Gasteiger partial charge is 0.142 e. The summed E-state index contributed by atoms with van der Waals surface area (Å²) < 4.78 is 37.4. The van der Waals surface area contributed by atoms with Gasteiger partial charge in [-0.3, -0.25) is 0 Å². The van der Waals surface area contributed by atoms with Gasteiger partial charge in [-0.05, 0) is 149 Å². The molecule has 4 aromatic carbocycles. The van der Waals surface area contributed by atoms with Crippen LogP contribution in [0.4, 0.5) is 0 Å². The first kappa shape index (κ1) is 85.6. The number of epoxide rings is 7. The topological polar surface area (TPSA) is 87.7 Å². The molecule has 0 amide bonds. The maximum Gasteiger partial charge on any atom is 0.142 e. The standard InChI is InChI=1S/C14H12O.C12H24O.C11H14O.C9H10O.C8H16O.C7H12O.C7H12.C4H8O.6C2H6/c1-3-7-12(8-4-1)14(11-15-14)13-9-5-2-6-10-13;1-10(2,3)7-12(9-13-12)8-11(4,5)6;1-11(9-12-11)8-7-10-5-3-2-4-6-10;1-9(7-10-9)8-5-3-2-4-6-8;1-7(2,3)5-8(4)6-9-8;1-2-4-7(5-3-1)6-8-7;1-2-4-7(3-1)5-6-7;1-4(2)3-5-4;6*1-2/h1-10H,11H2;7-9H2,1-6H3;2-6H,7-9H2,1H3;2-6H,7H2,1H3;5-6H2,1-4H3;1-6H2;1-6H2;3H2,1-2H3;6*1-2H3. The molecule has 7 saturated heterocycles. The molecule has 3 atom stereocenters. The van der Waals surface area contributed by atoms with Crippen LogP contribution in [0.15, 0.2) is 121 Å². The van der Waals surface area contributed by atoms with E-state index >= 15 is 0 Å². The zero-order chi connectivity index (χ0) is 69.2. The molecule has 7 nitrogen and oxygen atoms in total. The van der Waals surface area contributed by atoms with Crippen molar-refractivity contribution < 1.29 is 33.2 Å². The third kappa shape index (κ3) is 36.9. The fraction of sp³-hybridized carbons (Fsp3) is 0.714. The Labute approximate surface area is 563 Å². The zero-order valence-electron chi connectivity index (χ0n) is 64.2.